The molecule has 3 rings (SSSR count). The Hall–Kier alpha value is -3.68. The van der Waals surface area contributed by atoms with Gasteiger partial charge in [-0.2, -0.15) is 0 Å². The first-order valence-corrected chi connectivity index (χ1v) is 11.1. The molecule has 1 unspecified atom stereocenters. The van der Waals surface area contributed by atoms with Crippen molar-refractivity contribution in [1.29, 1.82) is 0 Å². The van der Waals surface area contributed by atoms with E-state index in [1.807, 2.05) is 12.1 Å². The van der Waals surface area contributed by atoms with Gasteiger partial charge < -0.3 is 10.4 Å². The summed E-state index contributed by atoms with van der Waals surface area (Å²) in [7, 11) is 0. The Bertz CT molecular complexity index is 1090. The number of aromatic carboxylic acids is 1. The van der Waals surface area contributed by atoms with Gasteiger partial charge in [-0.1, -0.05) is 38.1 Å². The van der Waals surface area contributed by atoms with Crippen LogP contribution in [0.4, 0.5) is 5.69 Å². The Balaban J connectivity index is 1.82. The summed E-state index contributed by atoms with van der Waals surface area (Å²) >= 11 is 0. The Kier molecular flexibility index (Phi) is 7.48. The van der Waals surface area contributed by atoms with Gasteiger partial charge in [0.25, 0.3) is 0 Å². The maximum atomic E-state index is 12.9. The Morgan fingerprint density at radius 1 is 1.09 bits per heavy atom. The van der Waals surface area contributed by atoms with Gasteiger partial charge in [0.2, 0.25) is 5.91 Å². The number of carbonyl (C=O) groups excluding carboxylic acids is 2. The molecule has 0 spiro atoms. The molecule has 6 N–H and O–H groups in total. The topological polar surface area (TPSA) is 139 Å². The fourth-order valence-corrected chi connectivity index (χ4v) is 3.98. The van der Waals surface area contributed by atoms with Crippen LogP contribution in [0.3, 0.4) is 0 Å². The smallest absolute Gasteiger partial charge is 0.341 e. The molecule has 2 aromatic rings. The van der Waals surface area contributed by atoms with Crippen LogP contribution >= 0.6 is 0 Å². The van der Waals surface area contributed by atoms with Crippen molar-refractivity contribution in [2.45, 2.75) is 39.0 Å². The second-order valence-electron chi connectivity index (χ2n) is 8.75. The Morgan fingerprint density at radius 3 is 2.36 bits per heavy atom. The average molecular weight is 452 g/mol. The van der Waals surface area contributed by atoms with Crippen LogP contribution in [0.25, 0.3) is 0 Å². The molecular formula is C25H31N4O4+. The molecule has 1 fully saturated rings. The van der Waals surface area contributed by atoms with E-state index >= 15 is 0 Å². The van der Waals surface area contributed by atoms with Gasteiger partial charge in [-0.05, 0) is 48.1 Å². The first-order chi connectivity index (χ1) is 15.7. The Labute approximate surface area is 193 Å². The van der Waals surface area contributed by atoms with Crippen molar-refractivity contribution in [1.82, 2.24) is 0 Å². The number of amides is 1. The molecule has 1 amide bonds. The molecule has 33 heavy (non-hydrogen) atoms. The summed E-state index contributed by atoms with van der Waals surface area (Å²) in [4.78, 5) is 37.4. The van der Waals surface area contributed by atoms with Gasteiger partial charge in [0.1, 0.15) is 0 Å². The molecule has 1 atom stereocenters. The molecule has 0 aliphatic carbocycles. The number of nitrogens with two attached hydrogens (primary N) is 2. The summed E-state index contributed by atoms with van der Waals surface area (Å²) in [6.07, 6.45) is 1.45. The summed E-state index contributed by atoms with van der Waals surface area (Å²) in [5, 5.41) is 12.3. The van der Waals surface area contributed by atoms with Gasteiger partial charge in [-0.15, -0.1) is 0 Å². The van der Waals surface area contributed by atoms with Gasteiger partial charge in [-0.25, -0.2) is 4.79 Å². The number of piperidine rings is 1. The van der Waals surface area contributed by atoms with Crippen LogP contribution < -0.4 is 16.8 Å². The maximum Gasteiger partial charge on any atom is 0.341 e. The highest BCUT2D eigenvalue weighted by Crippen LogP contribution is 2.23. The van der Waals surface area contributed by atoms with Crippen molar-refractivity contribution in [2.75, 3.05) is 18.4 Å². The van der Waals surface area contributed by atoms with Crippen molar-refractivity contribution in [3.8, 4) is 0 Å². The van der Waals surface area contributed by atoms with Gasteiger partial charge in [-0.3, -0.25) is 25.6 Å². The van der Waals surface area contributed by atoms with Crippen LogP contribution in [0.1, 0.15) is 64.4 Å². The van der Waals surface area contributed by atoms with Crippen LogP contribution in [-0.4, -0.2) is 46.4 Å². The summed E-state index contributed by atoms with van der Waals surface area (Å²) in [6, 6.07) is 11.8. The number of carboxylic acids is 1. The van der Waals surface area contributed by atoms with Crippen LogP contribution in [-0.2, 0) is 11.2 Å². The standard InChI is InChI=1S/C25H30N4O4/c1-15(2)16-5-7-17(8-6-16)22(30)13-20-12-18(24(32)33)9-10-21(20)28-23(31)19-4-3-11-29(14-19)25(26)27/h5-10,12,15,19H,3-4,11,13-14H2,1-2H3,(H5,26,27,28,31,32,33)/p+1. The third-order valence-corrected chi connectivity index (χ3v) is 6.02. The molecule has 0 radical (unpaired) electrons. The SMILES string of the molecule is CC(C)c1ccc(C(=O)Cc2cc(C(=O)O)ccc2NC(=O)C2CCC[N+](=C(N)N)C2)cc1. The highest BCUT2D eigenvalue weighted by molar-refractivity contribution is 6.00. The number of Topliss-reactive ketones (excluding diaryl/α,β-unsaturated/α-hetero) is 1. The Morgan fingerprint density at radius 2 is 1.76 bits per heavy atom. The van der Waals surface area contributed by atoms with E-state index in [1.54, 1.807) is 16.7 Å². The van der Waals surface area contributed by atoms with E-state index in [9.17, 15) is 19.5 Å². The molecule has 174 valence electrons. The van der Waals surface area contributed by atoms with Crippen LogP contribution in [0, 0.1) is 5.92 Å². The van der Waals surface area contributed by atoms with Crippen LogP contribution in [0.5, 0.6) is 0 Å². The summed E-state index contributed by atoms with van der Waals surface area (Å²) in [5.74, 6) is -1.23. The number of hydrogen-bond donors (Lipinski definition) is 4. The zero-order valence-electron chi connectivity index (χ0n) is 19.0. The highest BCUT2D eigenvalue weighted by atomic mass is 16.4. The zero-order valence-corrected chi connectivity index (χ0v) is 19.0. The predicted octanol–water partition coefficient (Wildman–Crippen LogP) is 2.57. The second kappa shape index (κ2) is 10.3. The molecule has 1 aliphatic heterocycles. The molecule has 0 bridgehead atoms. The first-order valence-electron chi connectivity index (χ1n) is 11.1. The molecule has 8 nitrogen and oxygen atoms in total. The molecule has 1 aliphatic rings. The van der Waals surface area contributed by atoms with E-state index in [1.165, 1.54) is 18.2 Å². The fourth-order valence-electron chi connectivity index (χ4n) is 3.98. The minimum Gasteiger partial charge on any atom is -0.478 e. The van der Waals surface area contributed by atoms with Crippen molar-refractivity contribution in [2.24, 2.45) is 17.4 Å². The van der Waals surface area contributed by atoms with E-state index in [0.717, 1.165) is 12.0 Å². The number of anilines is 1. The fraction of sp³-hybridized carbons (Fsp3) is 0.360. The number of nitrogens with zero attached hydrogens (tertiary/aromatic N) is 1. The highest BCUT2D eigenvalue weighted by Gasteiger charge is 2.27. The minimum atomic E-state index is -1.10. The number of ketones is 1. The summed E-state index contributed by atoms with van der Waals surface area (Å²) in [5.41, 5.74) is 14.0. The number of benzene rings is 2. The molecule has 0 aromatic heterocycles. The lowest BCUT2D eigenvalue weighted by Crippen LogP contribution is -2.44. The van der Waals surface area contributed by atoms with Crippen molar-refractivity contribution in [3.63, 3.8) is 0 Å². The van der Waals surface area contributed by atoms with Gasteiger partial charge in [0.15, 0.2) is 5.78 Å². The number of nitrogens with one attached hydrogen (secondary N) is 1. The maximum absolute atomic E-state index is 12.9. The lowest BCUT2D eigenvalue weighted by molar-refractivity contribution is -0.544. The number of carboxylic acid groups (broad SMARTS) is 1. The zero-order chi connectivity index (χ0) is 24.1. The molecule has 8 heteroatoms. The van der Waals surface area contributed by atoms with Crippen molar-refractivity contribution in [3.05, 3.63) is 64.7 Å². The predicted molar refractivity (Wildman–Crippen MR) is 127 cm³/mol. The monoisotopic (exact) mass is 451 g/mol. The average Bonchev–Trinajstić information content (AvgIpc) is 2.80. The number of carbonyl (C=O) groups is 3. The molecular weight excluding hydrogens is 420 g/mol. The quantitative estimate of drug-likeness (QED) is 0.290. The van der Waals surface area contributed by atoms with E-state index in [4.69, 9.17) is 11.5 Å². The van der Waals surface area contributed by atoms with Gasteiger partial charge >= 0.3 is 11.9 Å². The molecule has 2 aromatic carbocycles. The number of guanidine groups is 1. The van der Waals surface area contributed by atoms with E-state index in [0.29, 0.717) is 42.2 Å². The second-order valence-corrected chi connectivity index (χ2v) is 8.75. The summed E-state index contributed by atoms with van der Waals surface area (Å²) in [6.45, 7) is 5.27. The van der Waals surface area contributed by atoms with Crippen LogP contribution in [0.15, 0.2) is 42.5 Å². The van der Waals surface area contributed by atoms with E-state index < -0.39 is 5.97 Å². The third-order valence-electron chi connectivity index (χ3n) is 6.02. The van der Waals surface area contributed by atoms with Crippen LogP contribution in [0.2, 0.25) is 0 Å². The summed E-state index contributed by atoms with van der Waals surface area (Å²) < 4.78 is 1.77. The van der Waals surface area contributed by atoms with Gasteiger partial charge in [0, 0.05) is 17.7 Å². The van der Waals surface area contributed by atoms with Gasteiger partial charge in [0.05, 0.1) is 24.6 Å². The number of hydrogen-bond acceptors (Lipinski definition) is 3. The lowest BCUT2D eigenvalue weighted by Gasteiger charge is -2.24. The first kappa shape index (κ1) is 24.0. The third kappa shape index (κ3) is 5.97. The number of rotatable bonds is 7. The molecule has 1 saturated heterocycles. The lowest BCUT2D eigenvalue weighted by atomic mass is 9.95. The molecule has 1 heterocycles. The van der Waals surface area contributed by atoms with E-state index in [2.05, 4.69) is 19.2 Å². The van der Waals surface area contributed by atoms with E-state index in [-0.39, 0.29) is 35.6 Å². The minimum absolute atomic E-state index is 0.0297. The molecule has 0 saturated carbocycles. The van der Waals surface area contributed by atoms with Crippen molar-refractivity contribution < 1.29 is 24.1 Å². The largest absolute Gasteiger partial charge is 0.478 e. The normalized spacial score (nSPS) is 15.8. The van der Waals surface area contributed by atoms with Crippen molar-refractivity contribution >= 4 is 29.3 Å².